The van der Waals surface area contributed by atoms with Crippen molar-refractivity contribution in [3.05, 3.63) is 29.8 Å². The number of hydrogen-bond donors (Lipinski definition) is 1. The zero-order valence-electron chi connectivity index (χ0n) is 10.4. The SMILES string of the molecule is Cc1ccc(S(=O)(=O)NCCC(=O)OCC#N)cc1. The molecule has 1 N–H and O–H groups in total. The third kappa shape index (κ3) is 5.07. The second-order valence-corrected chi connectivity index (χ2v) is 5.55. The van der Waals surface area contributed by atoms with Gasteiger partial charge >= 0.3 is 5.97 Å². The fourth-order valence-corrected chi connectivity index (χ4v) is 2.30. The number of carbonyl (C=O) groups is 1. The molecule has 0 aliphatic rings. The van der Waals surface area contributed by atoms with Crippen LogP contribution in [0.5, 0.6) is 0 Å². The van der Waals surface area contributed by atoms with E-state index in [4.69, 9.17) is 5.26 Å². The van der Waals surface area contributed by atoms with Crippen LogP contribution in [0.3, 0.4) is 0 Å². The Labute approximate surface area is 112 Å². The Hall–Kier alpha value is -1.91. The van der Waals surface area contributed by atoms with Crippen LogP contribution >= 0.6 is 0 Å². The normalized spacial score (nSPS) is 10.7. The fourth-order valence-electron chi connectivity index (χ4n) is 1.27. The summed E-state index contributed by atoms with van der Waals surface area (Å²) in [5.74, 6) is -0.617. The third-order valence-corrected chi connectivity index (χ3v) is 3.73. The number of nitrogens with zero attached hydrogens (tertiary/aromatic N) is 1. The molecule has 0 aromatic heterocycles. The van der Waals surface area contributed by atoms with Crippen LogP contribution in [0.1, 0.15) is 12.0 Å². The second-order valence-electron chi connectivity index (χ2n) is 3.78. The summed E-state index contributed by atoms with van der Waals surface area (Å²) in [6.07, 6.45) is -0.118. The number of aryl methyl sites for hydroxylation is 1. The molecular weight excluding hydrogens is 268 g/mol. The molecule has 0 aliphatic heterocycles. The Kier molecular flexibility index (Phi) is 5.48. The number of hydrogen-bond acceptors (Lipinski definition) is 5. The molecule has 1 aromatic rings. The number of sulfonamides is 1. The number of carbonyl (C=O) groups excluding carboxylic acids is 1. The van der Waals surface area contributed by atoms with Gasteiger partial charge in [0.05, 0.1) is 11.3 Å². The van der Waals surface area contributed by atoms with E-state index in [-0.39, 0.29) is 24.5 Å². The van der Waals surface area contributed by atoms with E-state index in [9.17, 15) is 13.2 Å². The monoisotopic (exact) mass is 282 g/mol. The molecule has 0 saturated heterocycles. The average Bonchev–Trinajstić information content (AvgIpc) is 2.36. The topological polar surface area (TPSA) is 96.3 Å². The maximum atomic E-state index is 11.8. The first kappa shape index (κ1) is 15.1. The van der Waals surface area contributed by atoms with Gasteiger partial charge in [0.25, 0.3) is 0 Å². The molecule has 0 heterocycles. The van der Waals surface area contributed by atoms with Crippen LogP contribution in [-0.2, 0) is 19.6 Å². The van der Waals surface area contributed by atoms with E-state index in [1.807, 2.05) is 6.92 Å². The summed E-state index contributed by atoms with van der Waals surface area (Å²) in [6.45, 7) is 1.46. The molecule has 0 amide bonds. The van der Waals surface area contributed by atoms with Crippen LogP contribution < -0.4 is 4.72 Å². The van der Waals surface area contributed by atoms with Crippen LogP contribution in [0, 0.1) is 18.3 Å². The van der Waals surface area contributed by atoms with Crippen LogP contribution in [0.15, 0.2) is 29.2 Å². The molecule has 19 heavy (non-hydrogen) atoms. The van der Waals surface area contributed by atoms with Crippen molar-refractivity contribution in [1.82, 2.24) is 4.72 Å². The lowest BCUT2D eigenvalue weighted by Gasteiger charge is -2.06. The summed E-state index contributed by atoms with van der Waals surface area (Å²) in [6, 6.07) is 8.02. The fraction of sp³-hybridized carbons (Fsp3) is 0.333. The lowest BCUT2D eigenvalue weighted by atomic mass is 10.2. The standard InChI is InChI=1S/C12H14N2O4S/c1-10-2-4-11(5-3-10)19(16,17)14-8-6-12(15)18-9-7-13/h2-5,14H,6,8-9H2,1H3. The van der Waals surface area contributed by atoms with Gasteiger partial charge in [0.1, 0.15) is 6.07 Å². The van der Waals surface area contributed by atoms with E-state index in [0.717, 1.165) is 5.56 Å². The van der Waals surface area contributed by atoms with Crippen molar-refractivity contribution >= 4 is 16.0 Å². The molecule has 0 bridgehead atoms. The van der Waals surface area contributed by atoms with Gasteiger partial charge in [0, 0.05) is 6.54 Å². The van der Waals surface area contributed by atoms with Crippen molar-refractivity contribution in [3.8, 4) is 6.07 Å². The van der Waals surface area contributed by atoms with Gasteiger partial charge < -0.3 is 4.74 Å². The number of rotatable bonds is 6. The maximum absolute atomic E-state index is 11.8. The van der Waals surface area contributed by atoms with Crippen molar-refractivity contribution in [1.29, 1.82) is 5.26 Å². The van der Waals surface area contributed by atoms with Crippen LogP contribution in [0.2, 0.25) is 0 Å². The number of esters is 1. The van der Waals surface area contributed by atoms with Crippen LogP contribution in [0.4, 0.5) is 0 Å². The zero-order chi connectivity index (χ0) is 14.3. The Morgan fingerprint density at radius 1 is 1.37 bits per heavy atom. The van der Waals surface area contributed by atoms with Crippen molar-refractivity contribution in [2.24, 2.45) is 0 Å². The summed E-state index contributed by atoms with van der Waals surface area (Å²) in [5.41, 5.74) is 0.957. The Morgan fingerprint density at radius 3 is 2.58 bits per heavy atom. The predicted octanol–water partition coefficient (Wildman–Crippen LogP) is 0.730. The van der Waals surface area contributed by atoms with Gasteiger partial charge in [-0.15, -0.1) is 0 Å². The minimum atomic E-state index is -3.62. The summed E-state index contributed by atoms with van der Waals surface area (Å²) in [5, 5.41) is 8.20. The van der Waals surface area contributed by atoms with E-state index in [1.54, 1.807) is 18.2 Å². The first-order chi connectivity index (χ1) is 8.95. The van der Waals surface area contributed by atoms with Crippen molar-refractivity contribution in [3.63, 3.8) is 0 Å². The number of nitriles is 1. The molecular formula is C12H14N2O4S. The summed E-state index contributed by atoms with van der Waals surface area (Å²) in [4.78, 5) is 11.2. The van der Waals surface area contributed by atoms with Crippen molar-refractivity contribution < 1.29 is 17.9 Å². The smallest absolute Gasteiger partial charge is 0.308 e. The zero-order valence-corrected chi connectivity index (χ0v) is 11.2. The van der Waals surface area contributed by atoms with E-state index >= 15 is 0 Å². The molecule has 0 radical (unpaired) electrons. The van der Waals surface area contributed by atoms with Gasteiger partial charge in [-0.2, -0.15) is 5.26 Å². The molecule has 1 aromatic carbocycles. The molecule has 0 spiro atoms. The molecule has 0 aliphatic carbocycles. The number of benzene rings is 1. The Balaban J connectivity index is 2.50. The van der Waals surface area contributed by atoms with Gasteiger partial charge in [-0.3, -0.25) is 4.79 Å². The van der Waals surface area contributed by atoms with Crippen molar-refractivity contribution in [2.75, 3.05) is 13.2 Å². The summed E-state index contributed by atoms with van der Waals surface area (Å²) in [7, 11) is -3.62. The molecule has 102 valence electrons. The molecule has 1 rings (SSSR count). The highest BCUT2D eigenvalue weighted by Crippen LogP contribution is 2.09. The molecule has 0 fully saturated rings. The van der Waals surface area contributed by atoms with Gasteiger partial charge in [-0.05, 0) is 19.1 Å². The third-order valence-electron chi connectivity index (χ3n) is 2.25. The van der Waals surface area contributed by atoms with E-state index < -0.39 is 16.0 Å². The highest BCUT2D eigenvalue weighted by molar-refractivity contribution is 7.89. The van der Waals surface area contributed by atoms with Gasteiger partial charge in [0.2, 0.25) is 10.0 Å². The number of nitrogens with one attached hydrogen (secondary N) is 1. The Bertz CT molecular complexity index is 573. The van der Waals surface area contributed by atoms with Gasteiger partial charge in [-0.1, -0.05) is 17.7 Å². The molecule has 0 atom stereocenters. The van der Waals surface area contributed by atoms with E-state index in [2.05, 4.69) is 9.46 Å². The molecule has 7 heteroatoms. The first-order valence-corrected chi connectivity index (χ1v) is 7.03. The highest BCUT2D eigenvalue weighted by Gasteiger charge is 2.13. The summed E-state index contributed by atoms with van der Waals surface area (Å²) < 4.78 is 30.4. The van der Waals surface area contributed by atoms with E-state index in [1.165, 1.54) is 12.1 Å². The first-order valence-electron chi connectivity index (χ1n) is 5.54. The van der Waals surface area contributed by atoms with Crippen LogP contribution in [-0.4, -0.2) is 27.5 Å². The lowest BCUT2D eigenvalue weighted by Crippen LogP contribution is -2.26. The maximum Gasteiger partial charge on any atom is 0.308 e. The van der Waals surface area contributed by atoms with Crippen LogP contribution in [0.25, 0.3) is 0 Å². The molecule has 6 nitrogen and oxygen atoms in total. The Morgan fingerprint density at radius 2 is 2.00 bits per heavy atom. The minimum absolute atomic E-state index is 0.0690. The minimum Gasteiger partial charge on any atom is -0.450 e. The average molecular weight is 282 g/mol. The quantitative estimate of drug-likeness (QED) is 0.776. The molecule has 0 saturated carbocycles. The second kappa shape index (κ2) is 6.87. The van der Waals surface area contributed by atoms with Gasteiger partial charge in [0.15, 0.2) is 6.61 Å². The van der Waals surface area contributed by atoms with E-state index in [0.29, 0.717) is 0 Å². The molecule has 0 unspecified atom stereocenters. The number of ether oxygens (including phenoxy) is 1. The van der Waals surface area contributed by atoms with Crippen molar-refractivity contribution in [2.45, 2.75) is 18.2 Å². The largest absolute Gasteiger partial charge is 0.450 e. The summed E-state index contributed by atoms with van der Waals surface area (Å²) >= 11 is 0. The highest BCUT2D eigenvalue weighted by atomic mass is 32.2. The van der Waals surface area contributed by atoms with Gasteiger partial charge in [-0.25, -0.2) is 13.1 Å². The predicted molar refractivity (Wildman–Crippen MR) is 67.6 cm³/mol. The lowest BCUT2D eigenvalue weighted by molar-refractivity contribution is -0.142.